The van der Waals surface area contributed by atoms with E-state index in [0.29, 0.717) is 0 Å². The summed E-state index contributed by atoms with van der Waals surface area (Å²) in [6.45, 7) is 4.60. The molecule has 106 valence electrons. The minimum absolute atomic E-state index is 0.0623. The van der Waals surface area contributed by atoms with E-state index in [-0.39, 0.29) is 17.1 Å². The maximum Gasteiger partial charge on any atom is 0.178 e. The lowest BCUT2D eigenvalue weighted by molar-refractivity contribution is 0.580. The molecule has 0 aliphatic carbocycles. The summed E-state index contributed by atoms with van der Waals surface area (Å²) in [5.74, 6) is -1.00. The molecule has 1 atom stereocenters. The molecule has 0 fully saturated rings. The van der Waals surface area contributed by atoms with Crippen LogP contribution in [0.3, 0.4) is 0 Å². The van der Waals surface area contributed by atoms with E-state index in [4.69, 9.17) is 0 Å². The van der Waals surface area contributed by atoms with Crippen molar-refractivity contribution in [2.24, 2.45) is 0 Å². The van der Waals surface area contributed by atoms with E-state index in [0.717, 1.165) is 17.5 Å². The van der Waals surface area contributed by atoms with Crippen LogP contribution in [0.2, 0.25) is 0 Å². The number of hydrogen-bond acceptors (Lipinski definition) is 4. The summed E-state index contributed by atoms with van der Waals surface area (Å²) in [4.78, 5) is -0.143. The normalized spacial score (nSPS) is 14.0. The van der Waals surface area contributed by atoms with Gasteiger partial charge < -0.3 is 0 Å². The van der Waals surface area contributed by atoms with Crippen LogP contribution >= 0.6 is 0 Å². The summed E-state index contributed by atoms with van der Waals surface area (Å²) < 4.78 is 59.7. The summed E-state index contributed by atoms with van der Waals surface area (Å²) >= 11 is 0. The average Bonchev–Trinajstić information content (AvgIpc) is 2.36. The van der Waals surface area contributed by atoms with Crippen LogP contribution in [-0.2, 0) is 19.7 Å². The highest BCUT2D eigenvalue weighted by Gasteiger charge is 2.22. The second kappa shape index (κ2) is 5.83. The molecule has 19 heavy (non-hydrogen) atoms. The Bertz CT molecular complexity index is 663. The first-order valence-electron chi connectivity index (χ1n) is 5.54. The van der Waals surface area contributed by atoms with Gasteiger partial charge in [0.25, 0.3) is 0 Å². The van der Waals surface area contributed by atoms with Gasteiger partial charge in [-0.1, -0.05) is 12.6 Å². The molecule has 1 unspecified atom stereocenters. The van der Waals surface area contributed by atoms with E-state index in [1.807, 2.05) is 0 Å². The quantitative estimate of drug-likeness (QED) is 0.805. The van der Waals surface area contributed by atoms with E-state index in [9.17, 15) is 21.2 Å². The van der Waals surface area contributed by atoms with Gasteiger partial charge in [-0.3, -0.25) is 0 Å². The van der Waals surface area contributed by atoms with Gasteiger partial charge in [-0.2, -0.15) is 0 Å². The number of rotatable bonds is 6. The molecule has 0 amide bonds. The fourth-order valence-electron chi connectivity index (χ4n) is 1.43. The summed E-state index contributed by atoms with van der Waals surface area (Å²) in [6.07, 6.45) is -0.0623. The molecular weight excluding hydrogens is 291 g/mol. The van der Waals surface area contributed by atoms with Crippen LogP contribution in [-0.4, -0.2) is 27.8 Å². The molecule has 0 bridgehead atoms. The Labute approximate surface area is 112 Å². The van der Waals surface area contributed by atoms with Gasteiger partial charge in [-0.05, 0) is 31.5 Å². The molecule has 7 heteroatoms. The zero-order chi connectivity index (χ0) is 14.7. The molecule has 1 aromatic carbocycles. The van der Waals surface area contributed by atoms with Gasteiger partial charge in [0, 0.05) is 5.41 Å². The number of halogens is 1. The second-order valence-electron chi connectivity index (χ2n) is 4.13. The summed E-state index contributed by atoms with van der Waals surface area (Å²) in [6, 6.07) is 4.64. The van der Waals surface area contributed by atoms with Gasteiger partial charge in [0.05, 0.1) is 15.9 Å². The summed E-state index contributed by atoms with van der Waals surface area (Å²) in [7, 11) is -7.17. The highest BCUT2D eigenvalue weighted by Crippen LogP contribution is 2.16. The SMILES string of the molecule is C=CS(=O)(=O)C(C)CCS(=O)(=O)c1cccc(F)c1. The van der Waals surface area contributed by atoms with E-state index in [2.05, 4.69) is 6.58 Å². The Morgan fingerprint density at radius 3 is 2.47 bits per heavy atom. The first kappa shape index (κ1) is 15.8. The lowest BCUT2D eigenvalue weighted by Crippen LogP contribution is -2.19. The van der Waals surface area contributed by atoms with Gasteiger partial charge in [0.15, 0.2) is 19.7 Å². The number of hydrogen-bond donors (Lipinski definition) is 0. The fourth-order valence-corrected chi connectivity index (χ4v) is 3.83. The third-order valence-corrected chi connectivity index (χ3v) is 6.31. The van der Waals surface area contributed by atoms with Gasteiger partial charge in [0.1, 0.15) is 5.82 Å². The lowest BCUT2D eigenvalue weighted by Gasteiger charge is -2.10. The van der Waals surface area contributed by atoms with Crippen LogP contribution < -0.4 is 0 Å². The average molecular weight is 306 g/mol. The van der Waals surface area contributed by atoms with Gasteiger partial charge in [-0.25, -0.2) is 21.2 Å². The summed E-state index contributed by atoms with van der Waals surface area (Å²) in [5, 5.41) is -0.0275. The Kier molecular flexibility index (Phi) is 4.86. The van der Waals surface area contributed by atoms with Crippen molar-refractivity contribution in [2.45, 2.75) is 23.5 Å². The highest BCUT2D eigenvalue weighted by atomic mass is 32.2. The first-order chi connectivity index (χ1) is 8.69. The van der Waals surface area contributed by atoms with Gasteiger partial charge in [-0.15, -0.1) is 0 Å². The van der Waals surface area contributed by atoms with Crippen LogP contribution in [0.1, 0.15) is 13.3 Å². The third kappa shape index (κ3) is 4.14. The molecule has 0 radical (unpaired) electrons. The highest BCUT2D eigenvalue weighted by molar-refractivity contribution is 7.95. The van der Waals surface area contributed by atoms with Crippen molar-refractivity contribution in [1.82, 2.24) is 0 Å². The third-order valence-electron chi connectivity index (χ3n) is 2.74. The fraction of sp³-hybridized carbons (Fsp3) is 0.333. The van der Waals surface area contributed by atoms with E-state index < -0.39 is 30.7 Å². The molecule has 0 spiro atoms. The van der Waals surface area contributed by atoms with Crippen LogP contribution in [0.15, 0.2) is 41.1 Å². The molecule has 0 N–H and O–H groups in total. The van der Waals surface area contributed by atoms with Crippen LogP contribution in [0, 0.1) is 5.82 Å². The van der Waals surface area contributed by atoms with E-state index >= 15 is 0 Å². The molecule has 0 saturated carbocycles. The maximum absolute atomic E-state index is 13.0. The molecule has 0 aliphatic heterocycles. The number of sulfone groups is 2. The van der Waals surface area contributed by atoms with Gasteiger partial charge >= 0.3 is 0 Å². The smallest absolute Gasteiger partial charge is 0.178 e. The predicted octanol–water partition coefficient (Wildman–Crippen LogP) is 1.94. The Balaban J connectivity index is 2.85. The molecule has 4 nitrogen and oxygen atoms in total. The Morgan fingerprint density at radius 2 is 1.95 bits per heavy atom. The van der Waals surface area contributed by atoms with Crippen molar-refractivity contribution in [1.29, 1.82) is 0 Å². The maximum atomic E-state index is 13.0. The molecule has 0 saturated heterocycles. The zero-order valence-corrected chi connectivity index (χ0v) is 12.0. The van der Waals surface area contributed by atoms with E-state index in [1.165, 1.54) is 19.1 Å². The Morgan fingerprint density at radius 1 is 1.32 bits per heavy atom. The topological polar surface area (TPSA) is 68.3 Å². The van der Waals surface area contributed by atoms with Crippen LogP contribution in [0.4, 0.5) is 4.39 Å². The molecule has 0 heterocycles. The Hall–Kier alpha value is -1.21. The van der Waals surface area contributed by atoms with Crippen LogP contribution in [0.25, 0.3) is 0 Å². The van der Waals surface area contributed by atoms with Crippen molar-refractivity contribution in [3.05, 3.63) is 42.1 Å². The predicted molar refractivity (Wildman–Crippen MR) is 71.6 cm³/mol. The largest absolute Gasteiger partial charge is 0.224 e. The minimum atomic E-state index is -3.69. The summed E-state index contributed by atoms with van der Waals surface area (Å²) in [5.41, 5.74) is 0. The molecule has 1 aromatic rings. The van der Waals surface area contributed by atoms with E-state index in [1.54, 1.807) is 0 Å². The standard InChI is InChI=1S/C12H15FO4S2/c1-3-18(14,15)10(2)7-8-19(16,17)12-6-4-5-11(13)9-12/h3-6,9-10H,1,7-8H2,2H3. The molecule has 1 rings (SSSR count). The molecular formula is C12H15FO4S2. The van der Waals surface area contributed by atoms with Crippen molar-refractivity contribution in [3.8, 4) is 0 Å². The molecule has 0 aromatic heterocycles. The van der Waals surface area contributed by atoms with Crippen molar-refractivity contribution >= 4 is 19.7 Å². The number of benzene rings is 1. The van der Waals surface area contributed by atoms with Crippen molar-refractivity contribution in [2.75, 3.05) is 5.75 Å². The van der Waals surface area contributed by atoms with Gasteiger partial charge in [0.2, 0.25) is 0 Å². The van der Waals surface area contributed by atoms with Crippen LogP contribution in [0.5, 0.6) is 0 Å². The lowest BCUT2D eigenvalue weighted by atomic mass is 10.3. The second-order valence-corrected chi connectivity index (χ2v) is 8.56. The van der Waals surface area contributed by atoms with Crippen molar-refractivity contribution in [3.63, 3.8) is 0 Å². The zero-order valence-electron chi connectivity index (χ0n) is 10.4. The monoisotopic (exact) mass is 306 g/mol. The van der Waals surface area contributed by atoms with Crippen molar-refractivity contribution < 1.29 is 21.2 Å². The molecule has 0 aliphatic rings. The first-order valence-corrected chi connectivity index (χ1v) is 8.80. The minimum Gasteiger partial charge on any atom is -0.224 e.